The highest BCUT2D eigenvalue weighted by Crippen LogP contribution is 2.27. The summed E-state index contributed by atoms with van der Waals surface area (Å²) in [6.45, 7) is 4.62. The highest BCUT2D eigenvalue weighted by Gasteiger charge is 2.26. The van der Waals surface area contributed by atoms with Gasteiger partial charge in [-0.3, -0.25) is 9.59 Å². The smallest absolute Gasteiger partial charge is 0.302 e. The van der Waals surface area contributed by atoms with Crippen molar-refractivity contribution in [2.45, 2.75) is 38.7 Å². The molecule has 1 rings (SSSR count). The summed E-state index contributed by atoms with van der Waals surface area (Å²) in [5.74, 6) is -0.396. The Kier molecular flexibility index (Phi) is 3.80. The van der Waals surface area contributed by atoms with Crippen molar-refractivity contribution < 1.29 is 14.3 Å². The highest BCUT2D eigenvalue weighted by atomic mass is 16.5. The lowest BCUT2D eigenvalue weighted by molar-refractivity contribution is -0.148. The van der Waals surface area contributed by atoms with Crippen molar-refractivity contribution >= 4 is 18.6 Å². The second-order valence-electron chi connectivity index (χ2n) is 3.58. The van der Waals surface area contributed by atoms with Gasteiger partial charge in [-0.15, -0.1) is 0 Å². The van der Waals surface area contributed by atoms with Crippen LogP contribution in [-0.4, -0.2) is 24.7 Å². The Hall–Kier alpha value is -1.19. The van der Waals surface area contributed by atoms with E-state index in [1.165, 1.54) is 6.92 Å². The average Bonchev–Trinajstić information content (AvgIpc) is 2.17. The number of esters is 1. The quantitative estimate of drug-likeness (QED) is 0.495. The van der Waals surface area contributed by atoms with E-state index in [9.17, 15) is 9.59 Å². The summed E-state index contributed by atoms with van der Waals surface area (Å²) < 4.78 is 5.06. The van der Waals surface area contributed by atoms with Crippen molar-refractivity contribution in [1.82, 2.24) is 0 Å². The molecule has 1 fully saturated rings. The molecule has 0 bridgehead atoms. The fourth-order valence-corrected chi connectivity index (χ4v) is 1.79. The van der Waals surface area contributed by atoms with E-state index in [0.29, 0.717) is 0 Å². The molecule has 0 N–H and O–H groups in total. The van der Waals surface area contributed by atoms with Crippen LogP contribution in [0.1, 0.15) is 32.6 Å². The second kappa shape index (κ2) is 4.88. The Morgan fingerprint density at radius 1 is 1.29 bits per heavy atom. The zero-order valence-corrected chi connectivity index (χ0v) is 8.36. The molecule has 0 aliphatic heterocycles. The fraction of sp³-hybridized carbons (Fsp3) is 0.700. The van der Waals surface area contributed by atoms with E-state index in [1.807, 2.05) is 0 Å². The van der Waals surface area contributed by atoms with Gasteiger partial charge in [-0.2, -0.15) is 0 Å². The molecule has 1 aliphatic carbocycles. The van der Waals surface area contributed by atoms with E-state index in [1.54, 1.807) is 0 Å². The van der Waals surface area contributed by atoms with Crippen LogP contribution in [0, 0.1) is 5.92 Å². The molecule has 0 spiro atoms. The van der Waals surface area contributed by atoms with Crippen molar-refractivity contribution in [3.05, 3.63) is 0 Å². The van der Waals surface area contributed by atoms with Gasteiger partial charge in [0.05, 0.1) is 0 Å². The third kappa shape index (κ3) is 2.94. The molecule has 78 valence electrons. The van der Waals surface area contributed by atoms with Gasteiger partial charge >= 0.3 is 5.97 Å². The zero-order valence-electron chi connectivity index (χ0n) is 8.36. The first-order valence-electron chi connectivity index (χ1n) is 4.81. The first kappa shape index (κ1) is 10.9. The molecule has 4 nitrogen and oxygen atoms in total. The molecular weight excluding hydrogens is 182 g/mol. The minimum atomic E-state index is -0.248. The Morgan fingerprint density at radius 2 is 1.86 bits per heavy atom. The summed E-state index contributed by atoms with van der Waals surface area (Å²) in [6.07, 6.45) is 2.99. The van der Waals surface area contributed by atoms with Gasteiger partial charge in [0.25, 0.3) is 0 Å². The number of nitrogens with zero attached hydrogens (tertiary/aromatic N) is 1. The molecular formula is C10H15NO3. The van der Waals surface area contributed by atoms with Crippen molar-refractivity contribution in [2.75, 3.05) is 0 Å². The SMILES string of the molecule is C=NC(=O)C1CCC(OC(C)=O)CC1. The van der Waals surface area contributed by atoms with E-state index in [0.717, 1.165) is 25.7 Å². The Labute approximate surface area is 83.3 Å². The second-order valence-corrected chi connectivity index (χ2v) is 3.58. The van der Waals surface area contributed by atoms with Gasteiger partial charge in [-0.1, -0.05) is 0 Å². The van der Waals surface area contributed by atoms with E-state index < -0.39 is 0 Å². The normalized spacial score (nSPS) is 26.6. The lowest BCUT2D eigenvalue weighted by Gasteiger charge is -2.25. The van der Waals surface area contributed by atoms with Crippen LogP contribution < -0.4 is 0 Å². The van der Waals surface area contributed by atoms with Gasteiger partial charge in [0.2, 0.25) is 5.91 Å². The van der Waals surface area contributed by atoms with E-state index in [2.05, 4.69) is 11.7 Å². The number of hydrogen-bond donors (Lipinski definition) is 0. The lowest BCUT2D eigenvalue weighted by Crippen LogP contribution is -2.26. The molecule has 0 aromatic heterocycles. The summed E-state index contributed by atoms with van der Waals surface area (Å²) in [4.78, 5) is 25.2. The van der Waals surface area contributed by atoms with Gasteiger partial charge in [-0.05, 0) is 32.4 Å². The van der Waals surface area contributed by atoms with Crippen LogP contribution in [0.2, 0.25) is 0 Å². The van der Waals surface area contributed by atoms with Gasteiger partial charge in [-0.25, -0.2) is 4.99 Å². The van der Waals surface area contributed by atoms with Gasteiger partial charge in [0, 0.05) is 12.8 Å². The van der Waals surface area contributed by atoms with Gasteiger partial charge < -0.3 is 4.74 Å². The molecule has 0 aromatic carbocycles. The van der Waals surface area contributed by atoms with Crippen LogP contribution in [0.3, 0.4) is 0 Å². The predicted molar refractivity (Wildman–Crippen MR) is 52.1 cm³/mol. The molecule has 4 heteroatoms. The van der Waals surface area contributed by atoms with Crippen molar-refractivity contribution in [2.24, 2.45) is 10.9 Å². The lowest BCUT2D eigenvalue weighted by atomic mass is 9.87. The predicted octanol–water partition coefficient (Wildman–Crippen LogP) is 1.34. The number of aliphatic imine (C=N–C) groups is 1. The molecule has 0 heterocycles. The van der Waals surface area contributed by atoms with Crippen LogP contribution >= 0.6 is 0 Å². The van der Waals surface area contributed by atoms with Crippen LogP contribution in [0.4, 0.5) is 0 Å². The largest absolute Gasteiger partial charge is 0.463 e. The Balaban J connectivity index is 2.34. The van der Waals surface area contributed by atoms with Crippen molar-refractivity contribution in [1.29, 1.82) is 0 Å². The number of hydrogen-bond acceptors (Lipinski definition) is 3. The fourth-order valence-electron chi connectivity index (χ4n) is 1.79. The molecule has 14 heavy (non-hydrogen) atoms. The summed E-state index contributed by atoms with van der Waals surface area (Å²) in [7, 11) is 0. The first-order valence-corrected chi connectivity index (χ1v) is 4.81. The Morgan fingerprint density at radius 3 is 2.29 bits per heavy atom. The van der Waals surface area contributed by atoms with Crippen LogP contribution in [0.25, 0.3) is 0 Å². The third-order valence-electron chi connectivity index (χ3n) is 2.51. The van der Waals surface area contributed by atoms with E-state index >= 15 is 0 Å². The number of rotatable bonds is 2. The highest BCUT2D eigenvalue weighted by molar-refractivity contribution is 5.82. The van der Waals surface area contributed by atoms with Crippen LogP contribution in [-0.2, 0) is 14.3 Å². The minimum Gasteiger partial charge on any atom is -0.463 e. The summed E-state index contributed by atoms with van der Waals surface area (Å²) in [5, 5.41) is 0. The van der Waals surface area contributed by atoms with Crippen LogP contribution in [0.15, 0.2) is 4.99 Å². The van der Waals surface area contributed by atoms with Crippen molar-refractivity contribution in [3.63, 3.8) is 0 Å². The number of ether oxygens (including phenoxy) is 1. The van der Waals surface area contributed by atoms with Gasteiger partial charge in [0.15, 0.2) is 0 Å². The monoisotopic (exact) mass is 197 g/mol. The summed E-state index contributed by atoms with van der Waals surface area (Å²) >= 11 is 0. The maximum atomic E-state index is 11.2. The van der Waals surface area contributed by atoms with E-state index in [4.69, 9.17) is 4.74 Å². The average molecular weight is 197 g/mol. The molecule has 0 saturated heterocycles. The van der Waals surface area contributed by atoms with Gasteiger partial charge in [0.1, 0.15) is 6.10 Å². The molecule has 1 saturated carbocycles. The molecule has 0 aromatic rings. The molecule has 0 radical (unpaired) electrons. The number of carbonyl (C=O) groups excluding carboxylic acids is 2. The standard InChI is InChI=1S/C10H15NO3/c1-7(12)14-9-5-3-8(4-6-9)10(13)11-2/h8-9H,2-6H2,1H3. The van der Waals surface area contributed by atoms with Crippen molar-refractivity contribution in [3.8, 4) is 0 Å². The third-order valence-corrected chi connectivity index (χ3v) is 2.51. The topological polar surface area (TPSA) is 55.7 Å². The minimum absolute atomic E-state index is 0.0126. The zero-order chi connectivity index (χ0) is 10.6. The first-order chi connectivity index (χ1) is 6.63. The maximum absolute atomic E-state index is 11.2. The Bertz CT molecular complexity index is 242. The van der Waals surface area contributed by atoms with Crippen LogP contribution in [0.5, 0.6) is 0 Å². The van der Waals surface area contributed by atoms with E-state index in [-0.39, 0.29) is 23.9 Å². The molecule has 1 aliphatic rings. The maximum Gasteiger partial charge on any atom is 0.302 e. The summed E-state index contributed by atoms with van der Waals surface area (Å²) in [6, 6.07) is 0. The summed E-state index contributed by atoms with van der Waals surface area (Å²) in [5.41, 5.74) is 0. The number of amides is 1. The molecule has 0 unspecified atom stereocenters. The molecule has 1 amide bonds. The number of carbonyl (C=O) groups is 2. The molecule has 0 atom stereocenters.